The summed E-state index contributed by atoms with van der Waals surface area (Å²) in [5.41, 5.74) is 7.26. The van der Waals surface area contributed by atoms with Crippen LogP contribution in [0.25, 0.3) is 0 Å². The van der Waals surface area contributed by atoms with E-state index in [1.54, 1.807) is 27.7 Å². The van der Waals surface area contributed by atoms with E-state index >= 15 is 0 Å². The van der Waals surface area contributed by atoms with Crippen molar-refractivity contribution >= 4 is 17.4 Å². The molecule has 0 aliphatic carbocycles. The average Bonchev–Trinajstić information content (AvgIpc) is 2.00. The number of nitrogens with two attached hydrogens (primary N) is 1. The van der Waals surface area contributed by atoms with E-state index in [0.29, 0.717) is 17.1 Å². The fourth-order valence-corrected chi connectivity index (χ4v) is 0.719. The van der Waals surface area contributed by atoms with E-state index in [1.807, 2.05) is 0 Å². The molecule has 0 saturated carbocycles. The molecular formula is C9H16N4. The Bertz CT molecular complexity index is 293. The molecule has 13 heavy (non-hydrogen) atoms. The summed E-state index contributed by atoms with van der Waals surface area (Å²) in [6.45, 7) is 6.88. The summed E-state index contributed by atoms with van der Waals surface area (Å²) in [5, 5.41) is 14.9. The van der Waals surface area contributed by atoms with Gasteiger partial charge in [-0.2, -0.15) is 0 Å². The first-order chi connectivity index (χ1) is 5.86. The molecule has 0 spiro atoms. The Balaban J connectivity index is 4.90. The lowest BCUT2D eigenvalue weighted by Gasteiger charge is -2.04. The number of hydrogen-bond acceptors (Lipinski definition) is 2. The number of hydrogen-bond donors (Lipinski definition) is 3. The molecule has 0 fully saturated rings. The number of aliphatic imine (C=N–C) groups is 1. The van der Waals surface area contributed by atoms with Crippen molar-refractivity contribution in [3.05, 3.63) is 11.1 Å². The van der Waals surface area contributed by atoms with E-state index in [1.165, 1.54) is 0 Å². The van der Waals surface area contributed by atoms with Gasteiger partial charge in [-0.3, -0.25) is 5.41 Å². The molecule has 0 aromatic rings. The molecule has 4 N–H and O–H groups in total. The molecule has 0 rings (SSSR count). The Labute approximate surface area is 78.6 Å². The van der Waals surface area contributed by atoms with Crippen LogP contribution in [0.15, 0.2) is 16.1 Å². The largest absolute Gasteiger partial charge is 0.387 e. The lowest BCUT2D eigenvalue weighted by atomic mass is 10.1. The molecule has 0 amide bonds. The molecular weight excluding hydrogens is 164 g/mol. The maximum Gasteiger partial charge on any atom is 0.149 e. The maximum atomic E-state index is 7.53. The molecule has 72 valence electrons. The Morgan fingerprint density at radius 1 is 1.00 bits per heavy atom. The third kappa shape index (κ3) is 3.64. The van der Waals surface area contributed by atoms with Crippen molar-refractivity contribution in [3.8, 4) is 0 Å². The molecule has 0 aromatic carbocycles. The molecule has 0 heterocycles. The second kappa shape index (κ2) is 4.54. The van der Waals surface area contributed by atoms with Crippen LogP contribution in [0, 0.1) is 10.8 Å². The van der Waals surface area contributed by atoms with Crippen molar-refractivity contribution in [1.29, 1.82) is 10.8 Å². The van der Waals surface area contributed by atoms with Gasteiger partial charge in [0.1, 0.15) is 5.84 Å². The molecule has 0 aliphatic rings. The topological polar surface area (TPSA) is 86.1 Å². The predicted octanol–water partition coefficient (Wildman–Crippen LogP) is 1.72. The Hall–Kier alpha value is -1.45. The summed E-state index contributed by atoms with van der Waals surface area (Å²) in [4.78, 5) is 3.80. The van der Waals surface area contributed by atoms with Gasteiger partial charge in [-0.1, -0.05) is 0 Å². The van der Waals surface area contributed by atoms with Gasteiger partial charge in [0.15, 0.2) is 0 Å². The highest BCUT2D eigenvalue weighted by Crippen LogP contribution is 2.06. The molecule has 0 aromatic heterocycles. The van der Waals surface area contributed by atoms with Crippen LogP contribution in [0.1, 0.15) is 27.7 Å². The van der Waals surface area contributed by atoms with Crippen LogP contribution >= 0.6 is 0 Å². The van der Waals surface area contributed by atoms with Crippen LogP contribution in [0.5, 0.6) is 0 Å². The highest BCUT2D eigenvalue weighted by Gasteiger charge is 2.03. The number of rotatable bonds is 2. The van der Waals surface area contributed by atoms with E-state index in [-0.39, 0.29) is 5.84 Å². The first-order valence-electron chi connectivity index (χ1n) is 3.99. The van der Waals surface area contributed by atoms with Gasteiger partial charge in [-0.05, 0) is 38.8 Å². The van der Waals surface area contributed by atoms with Crippen molar-refractivity contribution in [2.75, 3.05) is 0 Å². The van der Waals surface area contributed by atoms with Gasteiger partial charge in [-0.25, -0.2) is 4.99 Å². The van der Waals surface area contributed by atoms with E-state index in [9.17, 15) is 0 Å². The summed E-state index contributed by atoms with van der Waals surface area (Å²) in [6.07, 6.45) is 0. The summed E-state index contributed by atoms with van der Waals surface area (Å²) < 4.78 is 0. The zero-order valence-corrected chi connectivity index (χ0v) is 8.52. The SMILES string of the molecule is CC(=N)/C(C)=C(/C)C(=N)N=C(C)N. The van der Waals surface area contributed by atoms with Gasteiger partial charge in [-0.15, -0.1) is 0 Å². The van der Waals surface area contributed by atoms with Gasteiger partial charge in [0, 0.05) is 5.71 Å². The van der Waals surface area contributed by atoms with Gasteiger partial charge in [0.2, 0.25) is 0 Å². The fraction of sp³-hybridized carbons (Fsp3) is 0.444. The van der Waals surface area contributed by atoms with Gasteiger partial charge in [0.25, 0.3) is 0 Å². The highest BCUT2D eigenvalue weighted by molar-refractivity contribution is 6.09. The number of allylic oxidation sites excluding steroid dienone is 1. The molecule has 0 radical (unpaired) electrons. The van der Waals surface area contributed by atoms with Crippen LogP contribution in [0.2, 0.25) is 0 Å². The first-order valence-corrected chi connectivity index (χ1v) is 3.99. The summed E-state index contributed by atoms with van der Waals surface area (Å²) >= 11 is 0. The summed E-state index contributed by atoms with van der Waals surface area (Å²) in [6, 6.07) is 0. The second-order valence-corrected chi connectivity index (χ2v) is 2.98. The number of nitrogens with zero attached hydrogens (tertiary/aromatic N) is 1. The number of nitrogens with one attached hydrogen (secondary N) is 2. The van der Waals surface area contributed by atoms with Crippen molar-refractivity contribution in [2.24, 2.45) is 10.7 Å². The van der Waals surface area contributed by atoms with E-state index in [4.69, 9.17) is 16.6 Å². The summed E-state index contributed by atoms with van der Waals surface area (Å²) in [7, 11) is 0. The highest BCUT2D eigenvalue weighted by atomic mass is 14.9. The van der Waals surface area contributed by atoms with E-state index in [0.717, 1.165) is 5.57 Å². The molecule has 0 aliphatic heterocycles. The molecule has 4 heteroatoms. The second-order valence-electron chi connectivity index (χ2n) is 2.98. The maximum absolute atomic E-state index is 7.53. The molecule has 0 bridgehead atoms. The molecule has 0 atom stereocenters. The lowest BCUT2D eigenvalue weighted by molar-refractivity contribution is 1.31. The zero-order chi connectivity index (χ0) is 10.6. The smallest absolute Gasteiger partial charge is 0.149 e. The van der Waals surface area contributed by atoms with Crippen molar-refractivity contribution in [3.63, 3.8) is 0 Å². The van der Waals surface area contributed by atoms with Crippen molar-refractivity contribution in [2.45, 2.75) is 27.7 Å². The van der Waals surface area contributed by atoms with Crippen molar-refractivity contribution in [1.82, 2.24) is 0 Å². The van der Waals surface area contributed by atoms with Crippen LogP contribution in [-0.4, -0.2) is 17.4 Å². The Kier molecular flexibility index (Phi) is 4.04. The Morgan fingerprint density at radius 3 is 1.77 bits per heavy atom. The zero-order valence-electron chi connectivity index (χ0n) is 8.52. The minimum atomic E-state index is 0.129. The lowest BCUT2D eigenvalue weighted by Crippen LogP contribution is -2.11. The number of amidine groups is 2. The van der Waals surface area contributed by atoms with Crippen molar-refractivity contribution < 1.29 is 0 Å². The van der Waals surface area contributed by atoms with Gasteiger partial charge in [0.05, 0.1) is 5.84 Å². The minimum Gasteiger partial charge on any atom is -0.387 e. The third-order valence-corrected chi connectivity index (χ3v) is 1.77. The standard InChI is InChI=1S/C9H16N4/c1-5(7(3)10)6(2)9(12)13-8(4)11/h10H,1-4H3,(H3,11,12,13)/b6-5-,10-7?. The monoisotopic (exact) mass is 180 g/mol. The van der Waals surface area contributed by atoms with Crippen LogP contribution in [-0.2, 0) is 0 Å². The average molecular weight is 180 g/mol. The van der Waals surface area contributed by atoms with Crippen LogP contribution < -0.4 is 5.73 Å². The molecule has 0 unspecified atom stereocenters. The van der Waals surface area contributed by atoms with E-state index < -0.39 is 0 Å². The predicted molar refractivity (Wildman–Crippen MR) is 56.8 cm³/mol. The first kappa shape index (κ1) is 11.6. The van der Waals surface area contributed by atoms with Gasteiger partial charge < -0.3 is 11.1 Å². The third-order valence-electron chi connectivity index (χ3n) is 1.77. The Morgan fingerprint density at radius 2 is 1.46 bits per heavy atom. The van der Waals surface area contributed by atoms with E-state index in [2.05, 4.69) is 4.99 Å². The molecule has 4 nitrogen and oxygen atoms in total. The van der Waals surface area contributed by atoms with Crippen LogP contribution in [0.4, 0.5) is 0 Å². The minimum absolute atomic E-state index is 0.129. The summed E-state index contributed by atoms with van der Waals surface area (Å²) in [5.74, 6) is 0.490. The fourth-order valence-electron chi connectivity index (χ4n) is 0.719. The quantitative estimate of drug-likeness (QED) is 0.438. The van der Waals surface area contributed by atoms with Gasteiger partial charge >= 0.3 is 0 Å². The molecule has 0 saturated heterocycles. The van der Waals surface area contributed by atoms with Crippen LogP contribution in [0.3, 0.4) is 0 Å². The normalized spacial score (nSPS) is 13.7.